The Morgan fingerprint density at radius 3 is 2.28 bits per heavy atom. The molecule has 2 N–H and O–H groups in total. The van der Waals surface area contributed by atoms with Crippen molar-refractivity contribution in [1.82, 2.24) is 9.78 Å². The van der Waals surface area contributed by atoms with E-state index in [0.717, 1.165) is 0 Å². The quantitative estimate of drug-likeness (QED) is 0.346. The predicted molar refractivity (Wildman–Crippen MR) is 118 cm³/mol. The van der Waals surface area contributed by atoms with Gasteiger partial charge in [-0.3, -0.25) is 0 Å². The summed E-state index contributed by atoms with van der Waals surface area (Å²) in [5.41, 5.74) is -2.25. The Hall–Kier alpha value is -2.74. The van der Waals surface area contributed by atoms with Gasteiger partial charge in [0.25, 0.3) is 0 Å². The minimum Gasteiger partial charge on any atom is -0.508 e. The van der Waals surface area contributed by atoms with Crippen LogP contribution in [-0.4, -0.2) is 26.2 Å². The van der Waals surface area contributed by atoms with Gasteiger partial charge in [0.05, 0.1) is 17.4 Å². The highest BCUT2D eigenvalue weighted by atomic mass is 35.5. The second-order valence-corrected chi connectivity index (χ2v) is 8.34. The molecule has 0 aliphatic rings. The third kappa shape index (κ3) is 3.70. The summed E-state index contributed by atoms with van der Waals surface area (Å²) in [5.74, 6) is -1.34. The average molecular weight is 481 g/mol. The topological polar surface area (TPSA) is 58.3 Å². The summed E-state index contributed by atoms with van der Waals surface area (Å²) in [6.45, 7) is 1.27. The molecule has 0 aliphatic carbocycles. The number of nitrogens with zero attached hydrogens (tertiary/aromatic N) is 2. The van der Waals surface area contributed by atoms with Crippen LogP contribution in [0, 0.1) is 0 Å². The molecule has 4 aromatic rings. The normalized spacial score (nSPS) is 15.0. The minimum atomic E-state index is -4.99. The first-order valence-electron chi connectivity index (χ1n) is 9.54. The fourth-order valence-corrected chi connectivity index (χ4v) is 4.38. The SMILES string of the molecule is CC(c1ccc(Cl)cc1Cl)C(O)(c1ccc2c(cnn2-c2ccc(O)cc2)c1)C(F)(F)F. The number of rotatable bonds is 4. The van der Waals surface area contributed by atoms with Crippen LogP contribution in [0.5, 0.6) is 5.75 Å². The number of phenolic OH excluding ortho intramolecular Hbond substituents is 1. The predicted octanol–water partition coefficient (Wildman–Crippen LogP) is 6.59. The molecule has 0 aliphatic heterocycles. The number of fused-ring (bicyclic) bond motifs is 1. The van der Waals surface area contributed by atoms with E-state index in [4.69, 9.17) is 23.2 Å². The van der Waals surface area contributed by atoms with Crippen molar-refractivity contribution in [3.05, 3.63) is 88.0 Å². The van der Waals surface area contributed by atoms with Crippen LogP contribution in [-0.2, 0) is 5.60 Å². The van der Waals surface area contributed by atoms with E-state index < -0.39 is 17.7 Å². The molecule has 3 aromatic carbocycles. The van der Waals surface area contributed by atoms with Crippen molar-refractivity contribution in [3.63, 3.8) is 0 Å². The first kappa shape index (κ1) is 22.5. The Morgan fingerprint density at radius 2 is 1.66 bits per heavy atom. The number of aliphatic hydroxyl groups is 1. The lowest BCUT2D eigenvalue weighted by molar-refractivity contribution is -0.274. The van der Waals surface area contributed by atoms with Crippen molar-refractivity contribution in [2.45, 2.75) is 24.6 Å². The number of alkyl halides is 3. The van der Waals surface area contributed by atoms with Gasteiger partial charge in [0.15, 0.2) is 5.60 Å². The Labute approximate surface area is 191 Å². The zero-order valence-corrected chi connectivity index (χ0v) is 18.1. The summed E-state index contributed by atoms with van der Waals surface area (Å²) >= 11 is 12.0. The molecule has 1 heterocycles. The van der Waals surface area contributed by atoms with E-state index >= 15 is 0 Å². The first-order valence-corrected chi connectivity index (χ1v) is 10.3. The standard InChI is InChI=1S/C23H17Cl2F3N2O2/c1-13(19-8-3-16(24)11-20(19)25)22(32,23(26,27)28)15-2-9-21-14(10-15)12-29-30(21)17-4-6-18(31)7-5-17/h2-13,31-32H,1H3. The van der Waals surface area contributed by atoms with Gasteiger partial charge in [0.2, 0.25) is 0 Å². The molecule has 1 aromatic heterocycles. The second-order valence-electron chi connectivity index (χ2n) is 7.50. The minimum absolute atomic E-state index is 0.0360. The van der Waals surface area contributed by atoms with Crippen LogP contribution in [0.2, 0.25) is 10.0 Å². The third-order valence-corrected chi connectivity index (χ3v) is 6.15. The van der Waals surface area contributed by atoms with Crippen LogP contribution in [0.25, 0.3) is 16.6 Å². The molecule has 0 radical (unpaired) electrons. The van der Waals surface area contributed by atoms with Crippen LogP contribution in [0.1, 0.15) is 24.0 Å². The smallest absolute Gasteiger partial charge is 0.422 e. The molecule has 0 saturated carbocycles. The number of benzene rings is 3. The van der Waals surface area contributed by atoms with Gasteiger partial charge in [-0.15, -0.1) is 0 Å². The summed E-state index contributed by atoms with van der Waals surface area (Å²) < 4.78 is 44.4. The Kier molecular flexibility index (Phi) is 5.61. The zero-order valence-electron chi connectivity index (χ0n) is 16.6. The van der Waals surface area contributed by atoms with E-state index in [1.807, 2.05) is 0 Å². The molecule has 0 saturated heterocycles. The Balaban J connectivity index is 1.83. The summed E-state index contributed by atoms with van der Waals surface area (Å²) in [6.07, 6.45) is -3.57. The molecule has 4 nitrogen and oxygen atoms in total. The van der Waals surface area contributed by atoms with Gasteiger partial charge in [-0.2, -0.15) is 18.3 Å². The Morgan fingerprint density at radius 1 is 0.969 bits per heavy atom. The first-order chi connectivity index (χ1) is 15.0. The highest BCUT2D eigenvalue weighted by molar-refractivity contribution is 6.35. The van der Waals surface area contributed by atoms with E-state index in [-0.39, 0.29) is 26.9 Å². The maximum absolute atomic E-state index is 14.3. The van der Waals surface area contributed by atoms with Gasteiger partial charge in [-0.1, -0.05) is 42.3 Å². The molecule has 9 heteroatoms. The van der Waals surface area contributed by atoms with E-state index in [9.17, 15) is 23.4 Å². The average Bonchev–Trinajstić information content (AvgIpc) is 3.15. The van der Waals surface area contributed by atoms with Crippen LogP contribution in [0.4, 0.5) is 13.2 Å². The van der Waals surface area contributed by atoms with E-state index in [1.54, 1.807) is 12.1 Å². The van der Waals surface area contributed by atoms with Crippen molar-refractivity contribution in [1.29, 1.82) is 0 Å². The molecular weight excluding hydrogens is 464 g/mol. The molecule has 0 amide bonds. The number of aromatic nitrogens is 2. The van der Waals surface area contributed by atoms with Crippen LogP contribution in [0.3, 0.4) is 0 Å². The lowest BCUT2D eigenvalue weighted by atomic mass is 9.77. The van der Waals surface area contributed by atoms with Crippen molar-refractivity contribution in [2.75, 3.05) is 0 Å². The van der Waals surface area contributed by atoms with Crippen LogP contribution < -0.4 is 0 Å². The van der Waals surface area contributed by atoms with Gasteiger partial charge in [0.1, 0.15) is 5.75 Å². The lowest BCUT2D eigenvalue weighted by Gasteiger charge is -2.37. The van der Waals surface area contributed by atoms with E-state index in [2.05, 4.69) is 5.10 Å². The van der Waals surface area contributed by atoms with E-state index in [1.165, 1.54) is 66.3 Å². The molecule has 0 spiro atoms. The number of hydrogen-bond donors (Lipinski definition) is 2. The maximum Gasteiger partial charge on any atom is 0.422 e. The summed E-state index contributed by atoms with van der Waals surface area (Å²) in [7, 11) is 0. The van der Waals surface area contributed by atoms with Gasteiger partial charge >= 0.3 is 6.18 Å². The van der Waals surface area contributed by atoms with Gasteiger partial charge in [-0.05, 0) is 59.7 Å². The third-order valence-electron chi connectivity index (χ3n) is 5.59. The lowest BCUT2D eigenvalue weighted by Crippen LogP contribution is -2.46. The molecule has 32 heavy (non-hydrogen) atoms. The van der Waals surface area contributed by atoms with Crippen LogP contribution >= 0.6 is 23.2 Å². The molecule has 166 valence electrons. The molecule has 2 atom stereocenters. The fourth-order valence-electron chi connectivity index (χ4n) is 3.81. The molecule has 0 fully saturated rings. The molecule has 4 rings (SSSR count). The number of hydrogen-bond acceptors (Lipinski definition) is 3. The summed E-state index contributed by atoms with van der Waals surface area (Å²) in [4.78, 5) is 0. The highest BCUT2D eigenvalue weighted by Gasteiger charge is 2.59. The van der Waals surface area contributed by atoms with Crippen molar-refractivity contribution >= 4 is 34.1 Å². The van der Waals surface area contributed by atoms with Crippen molar-refractivity contribution in [3.8, 4) is 11.4 Å². The van der Waals surface area contributed by atoms with E-state index in [0.29, 0.717) is 16.6 Å². The number of phenols is 1. The number of aromatic hydroxyl groups is 1. The zero-order chi connectivity index (χ0) is 23.3. The summed E-state index contributed by atoms with van der Waals surface area (Å²) in [5, 5.41) is 25.5. The van der Waals surface area contributed by atoms with Crippen LogP contribution in [0.15, 0.2) is 66.9 Å². The second kappa shape index (κ2) is 7.99. The largest absolute Gasteiger partial charge is 0.508 e. The molecule has 2 unspecified atom stereocenters. The monoisotopic (exact) mass is 480 g/mol. The highest BCUT2D eigenvalue weighted by Crippen LogP contribution is 2.50. The van der Waals surface area contributed by atoms with Gasteiger partial charge in [0, 0.05) is 21.3 Å². The van der Waals surface area contributed by atoms with Gasteiger partial charge < -0.3 is 10.2 Å². The fraction of sp³-hybridized carbons (Fsp3) is 0.174. The summed E-state index contributed by atoms with van der Waals surface area (Å²) in [6, 6.07) is 14.4. The number of halogens is 5. The molecule has 0 bridgehead atoms. The Bertz CT molecular complexity index is 1290. The maximum atomic E-state index is 14.3. The molecular formula is C23H17Cl2F3N2O2. The van der Waals surface area contributed by atoms with Crippen molar-refractivity contribution < 1.29 is 23.4 Å². The van der Waals surface area contributed by atoms with Gasteiger partial charge in [-0.25, -0.2) is 4.68 Å². The van der Waals surface area contributed by atoms with Crippen molar-refractivity contribution in [2.24, 2.45) is 0 Å².